The first-order valence-corrected chi connectivity index (χ1v) is 16.2. The summed E-state index contributed by atoms with van der Waals surface area (Å²) in [5.74, 6) is 1.59. The second-order valence-corrected chi connectivity index (χ2v) is 12.0. The molecule has 0 aliphatic heterocycles. The number of rotatable bonds is 5. The van der Waals surface area contributed by atoms with Crippen molar-refractivity contribution in [1.82, 2.24) is 15.0 Å². The topological polar surface area (TPSA) is 65.0 Å². The zero-order valence-corrected chi connectivity index (χ0v) is 26.4. The fourth-order valence-corrected chi connectivity index (χ4v) is 6.65. The smallest absolute Gasteiger partial charge is 0.167 e. The lowest BCUT2D eigenvalue weighted by Gasteiger charge is -2.08. The summed E-state index contributed by atoms with van der Waals surface area (Å²) in [6.07, 6.45) is 0. The summed E-state index contributed by atoms with van der Waals surface area (Å²) in [4.78, 5) is 14.7. The molecule has 0 atom stereocenters. The minimum absolute atomic E-state index is 0.0773. The summed E-state index contributed by atoms with van der Waals surface area (Å²) in [5.41, 5.74) is 6.88. The van der Waals surface area contributed by atoms with Crippen molar-refractivity contribution >= 4 is 43.9 Å². The van der Waals surface area contributed by atoms with Gasteiger partial charge in [0, 0.05) is 38.2 Å². The van der Waals surface area contributed by atoms with Crippen molar-refractivity contribution in [3.8, 4) is 56.4 Å². The van der Waals surface area contributed by atoms with Gasteiger partial charge in [-0.3, -0.25) is 0 Å². The first-order chi connectivity index (χ1) is 26.8. The SMILES string of the molecule is [2H]c1c([2H])c([2H])c(-c2cc(-c3ccc4c(c3)oc3c(-c5nc(-c6ccccc6)nc(-c6ccccc6)n5)cccc34)cc3c2oc2ccccc23)c([2H])c1[2H]. The second-order valence-electron chi connectivity index (χ2n) is 12.0. The summed E-state index contributed by atoms with van der Waals surface area (Å²) in [7, 11) is 0. The third kappa shape index (κ3) is 4.67. The predicted octanol–water partition coefficient (Wildman–Crippen LogP) is 12.0. The Hall–Kier alpha value is -6.85. The molecule has 3 aromatic heterocycles. The lowest BCUT2D eigenvalue weighted by atomic mass is 9.95. The largest absolute Gasteiger partial charge is 0.455 e. The standard InChI is InChI=1S/C45H27N3O2/c1-4-13-28(14-5-1)37-25-32(26-38-33-19-10-11-22-39(33)49-42(37)38)31-23-24-34-35-20-12-21-36(41(35)50-40(34)27-31)45-47-43(29-15-6-2-7-16-29)46-44(48-45)30-17-8-3-9-18-30/h1-27H/i1D,4D,5D,13D,14D. The number of fused-ring (bicyclic) bond motifs is 6. The molecule has 0 radical (unpaired) electrons. The molecule has 0 aliphatic rings. The average molecular weight is 647 g/mol. The van der Waals surface area contributed by atoms with Gasteiger partial charge in [-0.25, -0.2) is 15.0 Å². The maximum atomic E-state index is 8.80. The van der Waals surface area contributed by atoms with Crippen LogP contribution in [-0.2, 0) is 0 Å². The Bertz CT molecular complexity index is 3070. The first-order valence-electron chi connectivity index (χ1n) is 18.7. The Labute approximate surface area is 294 Å². The highest BCUT2D eigenvalue weighted by Crippen LogP contribution is 2.41. The van der Waals surface area contributed by atoms with E-state index in [0.29, 0.717) is 45.4 Å². The molecule has 0 unspecified atom stereocenters. The molecule has 0 saturated heterocycles. The lowest BCUT2D eigenvalue weighted by Crippen LogP contribution is -2.00. The van der Waals surface area contributed by atoms with Crippen LogP contribution in [0.4, 0.5) is 0 Å². The van der Waals surface area contributed by atoms with E-state index in [1.807, 2.05) is 133 Å². The molecule has 0 bridgehead atoms. The molecule has 0 fully saturated rings. The Morgan fingerprint density at radius 2 is 1.00 bits per heavy atom. The number of nitrogens with zero attached hydrogens (tertiary/aromatic N) is 3. The number of hydrogen-bond donors (Lipinski definition) is 0. The van der Waals surface area contributed by atoms with Crippen LogP contribution >= 0.6 is 0 Å². The van der Waals surface area contributed by atoms with E-state index < -0.39 is 18.1 Å². The van der Waals surface area contributed by atoms with Gasteiger partial charge in [0.2, 0.25) is 0 Å². The van der Waals surface area contributed by atoms with Crippen molar-refractivity contribution in [2.75, 3.05) is 0 Å². The highest BCUT2D eigenvalue weighted by atomic mass is 16.3. The Morgan fingerprint density at radius 3 is 1.76 bits per heavy atom. The fourth-order valence-electron chi connectivity index (χ4n) is 6.65. The van der Waals surface area contributed by atoms with Crippen LogP contribution in [0.1, 0.15) is 6.85 Å². The van der Waals surface area contributed by atoms with Gasteiger partial charge < -0.3 is 8.83 Å². The van der Waals surface area contributed by atoms with Gasteiger partial charge in [-0.2, -0.15) is 0 Å². The normalized spacial score (nSPS) is 13.0. The molecule has 0 amide bonds. The molecule has 10 rings (SSSR count). The molecule has 10 aromatic rings. The van der Waals surface area contributed by atoms with E-state index in [-0.39, 0.29) is 17.6 Å². The van der Waals surface area contributed by atoms with Crippen LogP contribution in [0.25, 0.3) is 100 Å². The fraction of sp³-hybridized carbons (Fsp3) is 0. The van der Waals surface area contributed by atoms with E-state index in [1.165, 1.54) is 0 Å². The van der Waals surface area contributed by atoms with Crippen LogP contribution in [0.5, 0.6) is 0 Å². The number of hydrogen-bond acceptors (Lipinski definition) is 5. The molecule has 5 nitrogen and oxygen atoms in total. The van der Waals surface area contributed by atoms with Gasteiger partial charge in [0.15, 0.2) is 17.5 Å². The van der Waals surface area contributed by atoms with Crippen LogP contribution in [0.2, 0.25) is 0 Å². The van der Waals surface area contributed by atoms with E-state index in [1.54, 1.807) is 0 Å². The summed E-state index contributed by atoms with van der Waals surface area (Å²) in [6, 6.07) is 41.2. The van der Waals surface area contributed by atoms with Crippen LogP contribution in [0, 0.1) is 0 Å². The van der Waals surface area contributed by atoms with E-state index >= 15 is 0 Å². The van der Waals surface area contributed by atoms with Crippen molar-refractivity contribution in [3.63, 3.8) is 0 Å². The van der Waals surface area contributed by atoms with Crippen LogP contribution in [0.3, 0.4) is 0 Å². The third-order valence-electron chi connectivity index (χ3n) is 9.02. The van der Waals surface area contributed by atoms with Crippen molar-refractivity contribution in [3.05, 3.63) is 164 Å². The summed E-state index contributed by atoms with van der Waals surface area (Å²) >= 11 is 0. The Morgan fingerprint density at radius 1 is 0.380 bits per heavy atom. The molecular weight excluding hydrogens is 615 g/mol. The Kier molecular flexibility index (Phi) is 5.35. The Balaban J connectivity index is 1.17. The maximum absolute atomic E-state index is 8.80. The molecule has 50 heavy (non-hydrogen) atoms. The van der Waals surface area contributed by atoms with Gasteiger partial charge in [-0.1, -0.05) is 127 Å². The number of furan rings is 2. The summed E-state index contributed by atoms with van der Waals surface area (Å²) < 4.78 is 55.6. The molecule has 0 spiro atoms. The molecule has 3 heterocycles. The van der Waals surface area contributed by atoms with E-state index in [2.05, 4.69) is 0 Å². The van der Waals surface area contributed by atoms with Gasteiger partial charge in [0.1, 0.15) is 22.3 Å². The van der Waals surface area contributed by atoms with Crippen LogP contribution in [0.15, 0.2) is 173 Å². The molecule has 0 aliphatic carbocycles. The van der Waals surface area contributed by atoms with Crippen molar-refractivity contribution in [2.45, 2.75) is 0 Å². The van der Waals surface area contributed by atoms with Gasteiger partial charge in [0.05, 0.1) is 12.4 Å². The summed E-state index contributed by atoms with van der Waals surface area (Å²) in [5, 5.41) is 3.42. The van der Waals surface area contributed by atoms with Crippen molar-refractivity contribution in [2.24, 2.45) is 0 Å². The summed E-state index contributed by atoms with van der Waals surface area (Å²) in [6.45, 7) is 0. The van der Waals surface area contributed by atoms with Gasteiger partial charge >= 0.3 is 0 Å². The highest BCUT2D eigenvalue weighted by Gasteiger charge is 2.19. The van der Waals surface area contributed by atoms with E-state index in [4.69, 9.17) is 30.6 Å². The zero-order valence-electron chi connectivity index (χ0n) is 31.4. The van der Waals surface area contributed by atoms with Gasteiger partial charge in [-0.05, 0) is 53.1 Å². The van der Waals surface area contributed by atoms with E-state index in [9.17, 15) is 0 Å². The first kappa shape index (κ1) is 23.5. The molecule has 7 aromatic carbocycles. The second kappa shape index (κ2) is 11.4. The zero-order chi connectivity index (χ0) is 37.4. The average Bonchev–Trinajstić information content (AvgIpc) is 3.81. The van der Waals surface area contributed by atoms with Crippen LogP contribution in [-0.4, -0.2) is 15.0 Å². The third-order valence-corrected chi connectivity index (χ3v) is 9.02. The minimum Gasteiger partial charge on any atom is -0.455 e. The molecule has 0 N–H and O–H groups in total. The highest BCUT2D eigenvalue weighted by molar-refractivity contribution is 6.13. The molecule has 0 saturated carbocycles. The van der Waals surface area contributed by atoms with Crippen molar-refractivity contribution < 1.29 is 15.7 Å². The number of benzene rings is 7. The number of para-hydroxylation sites is 2. The monoisotopic (exact) mass is 646 g/mol. The van der Waals surface area contributed by atoms with Gasteiger partial charge in [-0.15, -0.1) is 0 Å². The maximum Gasteiger partial charge on any atom is 0.167 e. The van der Waals surface area contributed by atoms with E-state index in [0.717, 1.165) is 49.4 Å². The molecular formula is C45H27N3O2. The quantitative estimate of drug-likeness (QED) is 0.186. The number of aromatic nitrogens is 3. The lowest BCUT2D eigenvalue weighted by molar-refractivity contribution is 0.669. The van der Waals surface area contributed by atoms with Crippen LogP contribution < -0.4 is 0 Å². The van der Waals surface area contributed by atoms with Crippen molar-refractivity contribution in [1.29, 1.82) is 0 Å². The predicted molar refractivity (Wildman–Crippen MR) is 202 cm³/mol. The van der Waals surface area contributed by atoms with Gasteiger partial charge in [0.25, 0.3) is 0 Å². The minimum atomic E-state index is -0.449. The molecule has 5 heteroatoms. The molecule has 234 valence electrons.